The molecule has 0 aromatic carbocycles. The smallest absolute Gasteiger partial charge is 0.425 e. The molecule has 1 N–H and O–H groups in total. The van der Waals surface area contributed by atoms with Gasteiger partial charge in [0, 0.05) is 24.8 Å². The number of aromatic nitrogens is 3. The number of hydrogen-bond acceptors (Lipinski definition) is 6. The van der Waals surface area contributed by atoms with Crippen molar-refractivity contribution >= 4 is 5.91 Å². The molecule has 2 aromatic heterocycles. The number of aryl methyl sites for hydroxylation is 1. The van der Waals surface area contributed by atoms with Gasteiger partial charge in [-0.1, -0.05) is 5.16 Å². The summed E-state index contributed by atoms with van der Waals surface area (Å²) in [5, 5.41) is 6.87. The third-order valence-corrected chi connectivity index (χ3v) is 5.67. The van der Waals surface area contributed by atoms with Crippen LogP contribution in [0.2, 0.25) is 0 Å². The third kappa shape index (κ3) is 4.13. The molecule has 4 rings (SSSR count). The fourth-order valence-corrected chi connectivity index (χ4v) is 3.44. The summed E-state index contributed by atoms with van der Waals surface area (Å²) in [5.41, 5.74) is -0.274. The molecule has 0 bridgehead atoms. The van der Waals surface area contributed by atoms with Crippen LogP contribution in [0.5, 0.6) is 5.75 Å². The zero-order chi connectivity index (χ0) is 21.7. The monoisotopic (exact) mass is 424 g/mol. The summed E-state index contributed by atoms with van der Waals surface area (Å²) in [6, 6.07) is 1.29. The molecule has 0 spiro atoms. The lowest BCUT2D eigenvalue weighted by Gasteiger charge is -2.27. The van der Waals surface area contributed by atoms with E-state index in [4.69, 9.17) is 9.26 Å². The molecule has 2 atom stereocenters. The maximum atomic E-state index is 13.0. The Morgan fingerprint density at radius 2 is 2.00 bits per heavy atom. The zero-order valence-electron chi connectivity index (χ0n) is 16.9. The number of alkyl halides is 3. The van der Waals surface area contributed by atoms with E-state index in [2.05, 4.69) is 20.4 Å². The van der Waals surface area contributed by atoms with Gasteiger partial charge in [0.2, 0.25) is 5.89 Å². The van der Waals surface area contributed by atoms with Crippen molar-refractivity contribution in [2.45, 2.75) is 70.2 Å². The van der Waals surface area contributed by atoms with Gasteiger partial charge < -0.3 is 14.6 Å². The van der Waals surface area contributed by atoms with Crippen molar-refractivity contribution in [3.8, 4) is 5.75 Å². The van der Waals surface area contributed by atoms with E-state index in [1.807, 2.05) is 6.92 Å². The van der Waals surface area contributed by atoms with Gasteiger partial charge in [0.15, 0.2) is 11.9 Å². The van der Waals surface area contributed by atoms with Gasteiger partial charge in [0.1, 0.15) is 17.0 Å². The van der Waals surface area contributed by atoms with Gasteiger partial charge in [-0.15, -0.1) is 0 Å². The van der Waals surface area contributed by atoms with Crippen molar-refractivity contribution in [3.05, 3.63) is 35.2 Å². The zero-order valence-corrected chi connectivity index (χ0v) is 16.9. The number of carbonyl (C=O) groups excluding carboxylic acids is 1. The molecule has 30 heavy (non-hydrogen) atoms. The average Bonchev–Trinajstić information content (AvgIpc) is 3.58. The molecular formula is C20H23F3N4O3. The highest BCUT2D eigenvalue weighted by Gasteiger charge is 2.47. The molecule has 2 aliphatic carbocycles. The van der Waals surface area contributed by atoms with Gasteiger partial charge in [0.25, 0.3) is 5.91 Å². The Morgan fingerprint density at radius 1 is 1.30 bits per heavy atom. The fraction of sp³-hybridized carbons (Fsp3) is 0.600. The largest absolute Gasteiger partial charge is 0.481 e. The third-order valence-electron chi connectivity index (χ3n) is 5.67. The summed E-state index contributed by atoms with van der Waals surface area (Å²) in [6.45, 7) is 4.42. The lowest BCUT2D eigenvalue weighted by molar-refractivity contribution is -0.189. The van der Waals surface area contributed by atoms with Crippen molar-refractivity contribution in [2.75, 3.05) is 0 Å². The highest BCUT2D eigenvalue weighted by atomic mass is 19.4. The average molecular weight is 424 g/mol. The van der Waals surface area contributed by atoms with Crippen LogP contribution in [0.25, 0.3) is 0 Å². The van der Waals surface area contributed by atoms with E-state index < -0.39 is 23.7 Å². The molecule has 0 aliphatic heterocycles. The minimum atomic E-state index is -4.51. The Hall–Kier alpha value is -2.65. The molecule has 0 radical (unpaired) electrons. The first-order valence-electron chi connectivity index (χ1n) is 9.94. The number of carbonyl (C=O) groups is 1. The standard InChI is InChI=1S/C20H23F3N4O3/c1-10(20(21,22)23)29-16-8-15(24-9-14(16)12-4-5-12)17(28)26-19(3,13-6-7-13)18-25-11(2)30-27-18/h8-10,12-13H,4-7H2,1-3H3,(H,26,28). The Labute approximate surface area is 171 Å². The minimum absolute atomic E-state index is 0.0177. The van der Waals surface area contributed by atoms with Crippen LogP contribution < -0.4 is 10.1 Å². The molecule has 2 heterocycles. The minimum Gasteiger partial charge on any atom is -0.481 e. The van der Waals surface area contributed by atoms with E-state index in [1.54, 1.807) is 6.92 Å². The normalized spacial score (nSPS) is 19.8. The van der Waals surface area contributed by atoms with Crippen LogP contribution >= 0.6 is 0 Å². The van der Waals surface area contributed by atoms with Crippen LogP contribution in [0.4, 0.5) is 13.2 Å². The van der Waals surface area contributed by atoms with Gasteiger partial charge in [-0.2, -0.15) is 18.2 Å². The Bertz CT molecular complexity index is 953. The van der Waals surface area contributed by atoms with Crippen LogP contribution in [-0.2, 0) is 5.54 Å². The van der Waals surface area contributed by atoms with Crippen LogP contribution in [0, 0.1) is 12.8 Å². The fourth-order valence-electron chi connectivity index (χ4n) is 3.44. The van der Waals surface area contributed by atoms with Crippen LogP contribution in [0.3, 0.4) is 0 Å². The van der Waals surface area contributed by atoms with Crippen molar-refractivity contribution in [2.24, 2.45) is 5.92 Å². The Morgan fingerprint density at radius 3 is 2.53 bits per heavy atom. The lowest BCUT2D eigenvalue weighted by atomic mass is 9.94. The number of ether oxygens (including phenoxy) is 1. The quantitative estimate of drug-likeness (QED) is 0.722. The molecule has 2 aromatic rings. The predicted molar refractivity (Wildman–Crippen MR) is 98.9 cm³/mol. The number of hydrogen-bond donors (Lipinski definition) is 1. The first-order valence-corrected chi connectivity index (χ1v) is 9.94. The van der Waals surface area contributed by atoms with Crippen molar-refractivity contribution < 1.29 is 27.2 Å². The molecule has 2 fully saturated rings. The molecule has 10 heteroatoms. The second kappa shape index (κ2) is 7.24. The molecule has 0 saturated heterocycles. The van der Waals surface area contributed by atoms with Crippen molar-refractivity contribution in [3.63, 3.8) is 0 Å². The van der Waals surface area contributed by atoms with Gasteiger partial charge in [-0.05, 0) is 51.4 Å². The van der Waals surface area contributed by atoms with Gasteiger partial charge in [-0.25, -0.2) is 0 Å². The van der Waals surface area contributed by atoms with Gasteiger partial charge >= 0.3 is 6.18 Å². The number of pyridine rings is 1. The van der Waals surface area contributed by atoms with Gasteiger partial charge in [-0.3, -0.25) is 9.78 Å². The molecular weight excluding hydrogens is 401 g/mol. The molecule has 162 valence electrons. The number of rotatable bonds is 7. The van der Waals surface area contributed by atoms with Crippen LogP contribution in [0.1, 0.15) is 73.2 Å². The SMILES string of the molecule is Cc1nc(C(C)(NC(=O)c2cc(OC(C)C(F)(F)F)c(C3CC3)cn2)C2CC2)no1. The number of amides is 1. The summed E-state index contributed by atoms with van der Waals surface area (Å²) >= 11 is 0. The molecule has 1 amide bonds. The van der Waals surface area contributed by atoms with Crippen LogP contribution in [-0.4, -0.2) is 33.3 Å². The van der Waals surface area contributed by atoms with E-state index in [0.717, 1.165) is 32.6 Å². The summed E-state index contributed by atoms with van der Waals surface area (Å²) in [4.78, 5) is 21.4. The van der Waals surface area contributed by atoms with E-state index >= 15 is 0 Å². The number of halogens is 3. The molecule has 7 nitrogen and oxygen atoms in total. The molecule has 2 unspecified atom stereocenters. The predicted octanol–water partition coefficient (Wildman–Crippen LogP) is 4.04. The number of nitrogens with zero attached hydrogens (tertiary/aromatic N) is 3. The summed E-state index contributed by atoms with van der Waals surface area (Å²) in [7, 11) is 0. The first kappa shape index (κ1) is 20.6. The second-order valence-corrected chi connectivity index (χ2v) is 8.25. The van der Waals surface area contributed by atoms with Crippen molar-refractivity contribution in [1.29, 1.82) is 0 Å². The second-order valence-electron chi connectivity index (χ2n) is 8.25. The Balaban J connectivity index is 1.60. The molecule has 2 saturated carbocycles. The summed E-state index contributed by atoms with van der Waals surface area (Å²) in [5.74, 6) is 0.529. The summed E-state index contributed by atoms with van der Waals surface area (Å²) < 4.78 is 49.3. The maximum absolute atomic E-state index is 13.0. The topological polar surface area (TPSA) is 90.1 Å². The van der Waals surface area contributed by atoms with E-state index in [-0.39, 0.29) is 23.3 Å². The van der Waals surface area contributed by atoms with E-state index in [1.165, 1.54) is 12.3 Å². The maximum Gasteiger partial charge on any atom is 0.425 e. The lowest BCUT2D eigenvalue weighted by Crippen LogP contribution is -2.46. The van der Waals surface area contributed by atoms with Crippen LogP contribution in [0.15, 0.2) is 16.8 Å². The highest BCUT2D eigenvalue weighted by molar-refractivity contribution is 5.93. The van der Waals surface area contributed by atoms with E-state index in [9.17, 15) is 18.0 Å². The Kier molecular flexibility index (Phi) is 4.98. The summed E-state index contributed by atoms with van der Waals surface area (Å²) in [6.07, 6.45) is -1.54. The van der Waals surface area contributed by atoms with Crippen molar-refractivity contribution in [1.82, 2.24) is 20.4 Å². The number of nitrogens with one attached hydrogen (secondary N) is 1. The first-order chi connectivity index (χ1) is 14.1. The molecule has 2 aliphatic rings. The highest BCUT2D eigenvalue weighted by Crippen LogP contribution is 2.46. The van der Waals surface area contributed by atoms with Gasteiger partial charge in [0.05, 0.1) is 0 Å². The van der Waals surface area contributed by atoms with E-state index in [0.29, 0.717) is 17.3 Å².